The van der Waals surface area contributed by atoms with Crippen LogP contribution in [-0.4, -0.2) is 41.6 Å². The van der Waals surface area contributed by atoms with Gasteiger partial charge < -0.3 is 15.0 Å². The molecule has 1 aliphatic heterocycles. The maximum atomic E-state index is 12.1. The molecule has 0 unspecified atom stereocenters. The Labute approximate surface area is 146 Å². The molecule has 1 saturated carbocycles. The Bertz CT molecular complexity index is 417. The predicted molar refractivity (Wildman–Crippen MR) is 94.8 cm³/mol. The van der Waals surface area contributed by atoms with Gasteiger partial charge in [0, 0.05) is 25.6 Å². The van der Waals surface area contributed by atoms with Crippen molar-refractivity contribution in [1.82, 2.24) is 10.2 Å². The van der Waals surface area contributed by atoms with Crippen LogP contribution in [-0.2, 0) is 9.53 Å². The molecule has 138 valence electrons. The summed E-state index contributed by atoms with van der Waals surface area (Å²) >= 11 is 0. The van der Waals surface area contributed by atoms with Crippen LogP contribution >= 0.6 is 0 Å². The van der Waals surface area contributed by atoms with Crippen LogP contribution in [0.5, 0.6) is 0 Å². The molecule has 0 radical (unpaired) electrons. The molecule has 5 heteroatoms. The Morgan fingerprint density at radius 3 is 2.25 bits per heavy atom. The smallest absolute Gasteiger partial charge is 0.410 e. The maximum Gasteiger partial charge on any atom is 0.410 e. The molecule has 1 aliphatic carbocycles. The third-order valence-corrected chi connectivity index (χ3v) is 5.02. The molecule has 0 aromatic rings. The number of carbonyl (C=O) groups is 2. The SMILES string of the molecule is CC(C)(C)OC(=O)N1CCC(NC(=O)CCC2CCCCC2)CC1. The van der Waals surface area contributed by atoms with E-state index in [2.05, 4.69) is 5.32 Å². The van der Waals surface area contributed by atoms with Gasteiger partial charge in [0.2, 0.25) is 5.91 Å². The lowest BCUT2D eigenvalue weighted by Crippen LogP contribution is -2.47. The van der Waals surface area contributed by atoms with Gasteiger partial charge in [-0.1, -0.05) is 32.1 Å². The zero-order valence-electron chi connectivity index (χ0n) is 15.6. The van der Waals surface area contributed by atoms with Crippen molar-refractivity contribution >= 4 is 12.0 Å². The molecule has 2 rings (SSSR count). The number of amides is 2. The lowest BCUT2D eigenvalue weighted by atomic mass is 9.86. The number of nitrogens with zero attached hydrogens (tertiary/aromatic N) is 1. The number of carbonyl (C=O) groups excluding carboxylic acids is 2. The van der Waals surface area contributed by atoms with E-state index in [1.165, 1.54) is 32.1 Å². The molecule has 5 nitrogen and oxygen atoms in total. The summed E-state index contributed by atoms with van der Waals surface area (Å²) in [4.78, 5) is 25.9. The molecule has 0 aromatic carbocycles. The molecule has 2 amide bonds. The summed E-state index contributed by atoms with van der Waals surface area (Å²) in [5.74, 6) is 0.926. The molecule has 24 heavy (non-hydrogen) atoms. The quantitative estimate of drug-likeness (QED) is 0.846. The van der Waals surface area contributed by atoms with Crippen molar-refractivity contribution in [3.63, 3.8) is 0 Å². The van der Waals surface area contributed by atoms with Crippen molar-refractivity contribution in [2.24, 2.45) is 5.92 Å². The third kappa shape index (κ3) is 6.70. The summed E-state index contributed by atoms with van der Waals surface area (Å²) in [7, 11) is 0. The van der Waals surface area contributed by atoms with Gasteiger partial charge in [-0.2, -0.15) is 0 Å². The third-order valence-electron chi connectivity index (χ3n) is 5.02. The molecule has 0 aromatic heterocycles. The van der Waals surface area contributed by atoms with E-state index in [9.17, 15) is 9.59 Å². The molecular weight excluding hydrogens is 304 g/mol. The second kappa shape index (κ2) is 8.72. The van der Waals surface area contributed by atoms with Gasteiger partial charge >= 0.3 is 6.09 Å². The van der Waals surface area contributed by atoms with E-state index in [0.717, 1.165) is 25.2 Å². The van der Waals surface area contributed by atoms with Gasteiger partial charge in [-0.05, 0) is 46.0 Å². The lowest BCUT2D eigenvalue weighted by molar-refractivity contribution is -0.122. The molecular formula is C19H34N2O3. The lowest BCUT2D eigenvalue weighted by Gasteiger charge is -2.33. The van der Waals surface area contributed by atoms with Crippen LogP contribution in [0.4, 0.5) is 4.79 Å². The van der Waals surface area contributed by atoms with Crippen LogP contribution < -0.4 is 5.32 Å². The van der Waals surface area contributed by atoms with E-state index in [4.69, 9.17) is 4.74 Å². The molecule has 2 fully saturated rings. The first-order chi connectivity index (χ1) is 11.3. The Kier molecular flexibility index (Phi) is 6.93. The van der Waals surface area contributed by atoms with Crippen molar-refractivity contribution in [2.75, 3.05) is 13.1 Å². The minimum atomic E-state index is -0.457. The monoisotopic (exact) mass is 338 g/mol. The van der Waals surface area contributed by atoms with Gasteiger partial charge in [0.05, 0.1) is 0 Å². The Morgan fingerprint density at radius 2 is 1.67 bits per heavy atom. The van der Waals surface area contributed by atoms with Crippen molar-refractivity contribution in [2.45, 2.75) is 90.2 Å². The molecule has 2 aliphatic rings. The normalized spacial score (nSPS) is 20.7. The highest BCUT2D eigenvalue weighted by Crippen LogP contribution is 2.27. The Balaban J connectivity index is 1.63. The average Bonchev–Trinajstić information content (AvgIpc) is 2.53. The molecule has 0 atom stereocenters. The van der Waals surface area contributed by atoms with E-state index in [1.807, 2.05) is 20.8 Å². The van der Waals surface area contributed by atoms with Gasteiger partial charge in [-0.15, -0.1) is 0 Å². The minimum Gasteiger partial charge on any atom is -0.444 e. The van der Waals surface area contributed by atoms with E-state index in [1.54, 1.807) is 4.90 Å². The van der Waals surface area contributed by atoms with Crippen molar-refractivity contribution in [1.29, 1.82) is 0 Å². The maximum absolute atomic E-state index is 12.1. The highest BCUT2D eigenvalue weighted by molar-refractivity contribution is 5.76. The number of rotatable bonds is 4. The first-order valence-corrected chi connectivity index (χ1v) is 9.61. The van der Waals surface area contributed by atoms with Crippen LogP contribution in [0.2, 0.25) is 0 Å². The molecule has 1 heterocycles. The zero-order valence-corrected chi connectivity index (χ0v) is 15.6. The molecule has 1 N–H and O–H groups in total. The summed E-state index contributed by atoms with van der Waals surface area (Å²) in [6, 6.07) is 0.197. The van der Waals surface area contributed by atoms with Crippen molar-refractivity contribution < 1.29 is 14.3 Å². The Hall–Kier alpha value is -1.26. The molecule has 0 bridgehead atoms. The van der Waals surface area contributed by atoms with E-state index in [-0.39, 0.29) is 18.0 Å². The van der Waals surface area contributed by atoms with Crippen molar-refractivity contribution in [3.05, 3.63) is 0 Å². The number of nitrogens with one attached hydrogen (secondary N) is 1. The van der Waals surface area contributed by atoms with Gasteiger partial charge in [-0.25, -0.2) is 4.79 Å². The summed E-state index contributed by atoms with van der Waals surface area (Å²) in [6.07, 6.45) is 9.67. The van der Waals surface area contributed by atoms with Gasteiger partial charge in [0.15, 0.2) is 0 Å². The van der Waals surface area contributed by atoms with Crippen LogP contribution in [0.15, 0.2) is 0 Å². The molecule has 0 spiro atoms. The van der Waals surface area contributed by atoms with Crippen LogP contribution in [0.1, 0.15) is 78.6 Å². The zero-order chi connectivity index (χ0) is 17.6. The summed E-state index contributed by atoms with van der Waals surface area (Å²) in [6.45, 7) is 6.95. The fourth-order valence-electron chi connectivity index (χ4n) is 3.64. The predicted octanol–water partition coefficient (Wildman–Crippen LogP) is 3.86. The van der Waals surface area contributed by atoms with Crippen LogP contribution in [0, 0.1) is 5.92 Å². The number of hydrogen-bond acceptors (Lipinski definition) is 3. The summed E-state index contributed by atoms with van der Waals surface area (Å²) < 4.78 is 5.40. The first kappa shape index (κ1) is 19.1. The second-order valence-electron chi connectivity index (χ2n) is 8.35. The van der Waals surface area contributed by atoms with Crippen LogP contribution in [0.25, 0.3) is 0 Å². The number of hydrogen-bond donors (Lipinski definition) is 1. The number of likely N-dealkylation sites (tertiary alicyclic amines) is 1. The highest BCUT2D eigenvalue weighted by atomic mass is 16.6. The average molecular weight is 338 g/mol. The van der Waals surface area contributed by atoms with E-state index < -0.39 is 5.60 Å². The second-order valence-corrected chi connectivity index (χ2v) is 8.35. The van der Waals surface area contributed by atoms with Gasteiger partial charge in [0.25, 0.3) is 0 Å². The van der Waals surface area contributed by atoms with Gasteiger partial charge in [0.1, 0.15) is 5.60 Å². The number of piperidine rings is 1. The van der Waals surface area contributed by atoms with Crippen molar-refractivity contribution in [3.8, 4) is 0 Å². The van der Waals surface area contributed by atoms with Crippen LogP contribution in [0.3, 0.4) is 0 Å². The summed E-state index contributed by atoms with van der Waals surface area (Å²) in [5.41, 5.74) is -0.457. The fraction of sp³-hybridized carbons (Fsp3) is 0.895. The van der Waals surface area contributed by atoms with E-state index in [0.29, 0.717) is 19.5 Å². The standard InChI is InChI=1S/C19H34N2O3/c1-19(2,3)24-18(23)21-13-11-16(12-14-21)20-17(22)10-9-15-7-5-4-6-8-15/h15-16H,4-14H2,1-3H3,(H,20,22). The molecule has 1 saturated heterocycles. The largest absolute Gasteiger partial charge is 0.444 e. The Morgan fingerprint density at radius 1 is 1.04 bits per heavy atom. The first-order valence-electron chi connectivity index (χ1n) is 9.61. The fourth-order valence-corrected chi connectivity index (χ4v) is 3.64. The van der Waals surface area contributed by atoms with E-state index >= 15 is 0 Å². The summed E-state index contributed by atoms with van der Waals surface area (Å²) in [5, 5.41) is 3.15. The van der Waals surface area contributed by atoms with Gasteiger partial charge in [-0.3, -0.25) is 4.79 Å². The minimum absolute atomic E-state index is 0.177. The number of ether oxygens (including phenoxy) is 1. The topological polar surface area (TPSA) is 58.6 Å². The highest BCUT2D eigenvalue weighted by Gasteiger charge is 2.27.